The zero-order valence-corrected chi connectivity index (χ0v) is 19.4. The van der Waals surface area contributed by atoms with Crippen LogP contribution in [0.25, 0.3) is 10.9 Å². The van der Waals surface area contributed by atoms with Crippen LogP contribution in [0.3, 0.4) is 0 Å². The summed E-state index contributed by atoms with van der Waals surface area (Å²) >= 11 is 0. The maximum atomic E-state index is 13.0. The van der Waals surface area contributed by atoms with Crippen LogP contribution in [0, 0.1) is 0 Å². The highest BCUT2D eigenvalue weighted by Gasteiger charge is 2.39. The number of para-hydroxylation sites is 1. The quantitative estimate of drug-likeness (QED) is 0.532. The number of hydrazine groups is 1. The van der Waals surface area contributed by atoms with E-state index >= 15 is 0 Å². The zero-order chi connectivity index (χ0) is 23.9. The molecule has 2 aromatic carbocycles. The summed E-state index contributed by atoms with van der Waals surface area (Å²) < 4.78 is 6.23. The van der Waals surface area contributed by atoms with E-state index in [4.69, 9.17) is 4.74 Å². The second-order valence-electron chi connectivity index (χ2n) is 9.43. The molecule has 0 bridgehead atoms. The normalized spacial score (nSPS) is 20.7. The van der Waals surface area contributed by atoms with Crippen LogP contribution in [0.4, 0.5) is 0 Å². The number of hydrogen-bond acceptors (Lipinski definition) is 6. The van der Waals surface area contributed by atoms with E-state index in [1.165, 1.54) is 10.6 Å². The highest BCUT2D eigenvalue weighted by molar-refractivity contribution is 6.04. The maximum Gasteiger partial charge on any atom is 0.273 e. The number of carbonyl (C=O) groups is 3. The molecule has 178 valence electrons. The fourth-order valence-corrected chi connectivity index (χ4v) is 5.20. The SMILES string of the molecule is O=C1c2cc(O[C@H]3CCN(Cc4cnc5ccccc5c4)C3)ccc2CN1N1C(=O)CCCC1=O. The van der Waals surface area contributed by atoms with Gasteiger partial charge in [0.15, 0.2) is 0 Å². The number of pyridine rings is 1. The minimum atomic E-state index is -0.328. The first-order valence-electron chi connectivity index (χ1n) is 12.1. The van der Waals surface area contributed by atoms with Crippen LogP contribution in [0.5, 0.6) is 5.75 Å². The lowest BCUT2D eigenvalue weighted by Gasteiger charge is -2.32. The fourth-order valence-electron chi connectivity index (χ4n) is 5.20. The van der Waals surface area contributed by atoms with Crippen LogP contribution in [0.1, 0.15) is 47.2 Å². The highest BCUT2D eigenvalue weighted by Crippen LogP contribution is 2.31. The summed E-state index contributed by atoms with van der Waals surface area (Å²) in [6.45, 7) is 2.76. The molecule has 8 heteroatoms. The molecule has 8 nitrogen and oxygen atoms in total. The highest BCUT2D eigenvalue weighted by atomic mass is 16.5. The van der Waals surface area contributed by atoms with Crippen molar-refractivity contribution in [2.24, 2.45) is 0 Å². The molecule has 1 aromatic heterocycles. The van der Waals surface area contributed by atoms with Crippen molar-refractivity contribution in [1.82, 2.24) is 19.9 Å². The molecule has 2 saturated heterocycles. The Labute approximate surface area is 203 Å². The van der Waals surface area contributed by atoms with Gasteiger partial charge in [-0.15, -0.1) is 0 Å². The largest absolute Gasteiger partial charge is 0.489 e. The molecule has 0 saturated carbocycles. The van der Waals surface area contributed by atoms with Gasteiger partial charge >= 0.3 is 0 Å². The predicted octanol–water partition coefficient (Wildman–Crippen LogP) is 3.30. The van der Waals surface area contributed by atoms with Gasteiger partial charge in [0.05, 0.1) is 17.6 Å². The van der Waals surface area contributed by atoms with Crippen LogP contribution >= 0.6 is 0 Å². The van der Waals surface area contributed by atoms with Gasteiger partial charge in [-0.1, -0.05) is 24.3 Å². The first-order chi connectivity index (χ1) is 17.0. The molecule has 35 heavy (non-hydrogen) atoms. The summed E-state index contributed by atoms with van der Waals surface area (Å²) in [6, 6.07) is 15.8. The molecule has 3 amide bonds. The molecule has 6 rings (SSSR count). The molecule has 0 aliphatic carbocycles. The molecule has 3 aliphatic heterocycles. The molecule has 3 aromatic rings. The molecule has 4 heterocycles. The van der Waals surface area contributed by atoms with Crippen molar-refractivity contribution in [2.45, 2.75) is 44.9 Å². The Morgan fingerprint density at radius 1 is 1.00 bits per heavy atom. The number of nitrogens with zero attached hydrogens (tertiary/aromatic N) is 4. The number of carbonyl (C=O) groups excluding carboxylic acids is 3. The van der Waals surface area contributed by atoms with Gasteiger partial charge in [-0.05, 0) is 48.2 Å². The van der Waals surface area contributed by atoms with Gasteiger partial charge in [-0.25, -0.2) is 5.01 Å². The molecule has 2 fully saturated rings. The Kier molecular flexibility index (Phi) is 5.45. The molecule has 0 radical (unpaired) electrons. The average Bonchev–Trinajstić information content (AvgIpc) is 3.43. The van der Waals surface area contributed by atoms with E-state index in [0.29, 0.717) is 17.7 Å². The summed E-state index contributed by atoms with van der Waals surface area (Å²) in [5.41, 5.74) is 3.46. The van der Waals surface area contributed by atoms with Crippen molar-refractivity contribution in [3.8, 4) is 5.75 Å². The summed E-state index contributed by atoms with van der Waals surface area (Å²) in [5, 5.41) is 3.44. The lowest BCUT2D eigenvalue weighted by atomic mass is 10.1. The van der Waals surface area contributed by atoms with Crippen molar-refractivity contribution in [1.29, 1.82) is 0 Å². The number of fused-ring (bicyclic) bond motifs is 2. The van der Waals surface area contributed by atoms with Crippen LogP contribution in [0.15, 0.2) is 54.7 Å². The second kappa shape index (κ2) is 8.78. The van der Waals surface area contributed by atoms with E-state index < -0.39 is 0 Å². The van der Waals surface area contributed by atoms with Crippen molar-refractivity contribution in [3.63, 3.8) is 0 Å². The number of ether oxygens (including phenoxy) is 1. The summed E-state index contributed by atoms with van der Waals surface area (Å²) in [6.07, 6.45) is 3.97. The van der Waals surface area contributed by atoms with Crippen LogP contribution in [-0.2, 0) is 22.7 Å². The number of aromatic nitrogens is 1. The zero-order valence-electron chi connectivity index (χ0n) is 19.4. The van der Waals surface area contributed by atoms with E-state index in [2.05, 4.69) is 22.0 Å². The van der Waals surface area contributed by atoms with E-state index in [0.717, 1.165) is 47.5 Å². The van der Waals surface area contributed by atoms with Gasteiger partial charge in [0.25, 0.3) is 5.91 Å². The van der Waals surface area contributed by atoms with Gasteiger partial charge in [0, 0.05) is 44.1 Å². The summed E-state index contributed by atoms with van der Waals surface area (Å²) in [4.78, 5) is 44.5. The van der Waals surface area contributed by atoms with E-state index in [1.807, 2.05) is 36.5 Å². The van der Waals surface area contributed by atoms with Gasteiger partial charge in [-0.3, -0.25) is 24.3 Å². The third-order valence-electron chi connectivity index (χ3n) is 6.95. The van der Waals surface area contributed by atoms with Crippen LogP contribution in [-0.4, -0.2) is 56.8 Å². The smallest absolute Gasteiger partial charge is 0.273 e. The number of imide groups is 1. The van der Waals surface area contributed by atoms with Crippen molar-refractivity contribution < 1.29 is 19.1 Å². The lowest BCUT2D eigenvalue weighted by molar-refractivity contribution is -0.163. The molecule has 0 N–H and O–H groups in total. The second-order valence-corrected chi connectivity index (χ2v) is 9.43. The van der Waals surface area contributed by atoms with Crippen LogP contribution < -0.4 is 4.74 Å². The van der Waals surface area contributed by atoms with E-state index in [1.54, 1.807) is 6.07 Å². The van der Waals surface area contributed by atoms with Crippen molar-refractivity contribution >= 4 is 28.6 Å². The number of amides is 3. The molecule has 3 aliphatic rings. The van der Waals surface area contributed by atoms with Crippen LogP contribution in [0.2, 0.25) is 0 Å². The Balaban J connectivity index is 1.10. The van der Waals surface area contributed by atoms with Gasteiger partial charge in [0.1, 0.15) is 11.9 Å². The van der Waals surface area contributed by atoms with E-state index in [9.17, 15) is 14.4 Å². The van der Waals surface area contributed by atoms with Gasteiger partial charge in [0.2, 0.25) is 11.8 Å². The Hall–Kier alpha value is -3.78. The maximum absolute atomic E-state index is 13.0. The molecule has 0 spiro atoms. The first kappa shape index (κ1) is 21.7. The third-order valence-corrected chi connectivity index (χ3v) is 6.95. The number of benzene rings is 2. The minimum absolute atomic E-state index is 0.0272. The monoisotopic (exact) mass is 470 g/mol. The van der Waals surface area contributed by atoms with Gasteiger partial charge in [-0.2, -0.15) is 5.01 Å². The topological polar surface area (TPSA) is 83.1 Å². The molecular weight excluding hydrogens is 444 g/mol. The lowest BCUT2D eigenvalue weighted by Crippen LogP contribution is -2.51. The summed E-state index contributed by atoms with van der Waals surface area (Å²) in [7, 11) is 0. The van der Waals surface area contributed by atoms with Crippen molar-refractivity contribution in [2.75, 3.05) is 13.1 Å². The average molecular weight is 471 g/mol. The number of likely N-dealkylation sites (tertiary alicyclic amines) is 1. The van der Waals surface area contributed by atoms with Crippen molar-refractivity contribution in [3.05, 3.63) is 71.4 Å². The first-order valence-corrected chi connectivity index (χ1v) is 12.1. The molecule has 1 atom stereocenters. The fraction of sp³-hybridized carbons (Fsp3) is 0.333. The molecular formula is C27H26N4O4. The third kappa shape index (κ3) is 4.14. The van der Waals surface area contributed by atoms with E-state index in [-0.39, 0.29) is 43.2 Å². The Morgan fingerprint density at radius 2 is 1.83 bits per heavy atom. The minimum Gasteiger partial charge on any atom is -0.489 e. The number of rotatable bonds is 5. The van der Waals surface area contributed by atoms with Gasteiger partial charge < -0.3 is 4.74 Å². The number of piperidine rings is 1. The molecule has 0 unspecified atom stereocenters. The Morgan fingerprint density at radius 3 is 2.69 bits per heavy atom. The Bertz CT molecular complexity index is 1320. The predicted molar refractivity (Wildman–Crippen MR) is 128 cm³/mol. The standard InChI is InChI=1S/C27H26N4O4/c32-25-6-3-7-26(33)31(25)30-16-20-8-9-21(13-23(20)27(30)34)35-22-10-11-29(17-22)15-18-12-19-4-1-2-5-24(19)28-14-18/h1-2,4-5,8-9,12-14,22H,3,6-7,10-11,15-17H2/t22-/m0/s1. The number of hydrogen-bond donors (Lipinski definition) is 0. The summed E-state index contributed by atoms with van der Waals surface area (Å²) in [5.74, 6) is -0.321.